The molecule has 2 aliphatic heterocycles. The lowest BCUT2D eigenvalue weighted by atomic mass is 9.82. The molecule has 0 saturated carbocycles. The Bertz CT molecular complexity index is 1520. The average molecular weight is 561 g/mol. The molecule has 0 spiro atoms. The number of aliphatic hydroxyl groups is 1. The summed E-state index contributed by atoms with van der Waals surface area (Å²) in [6.45, 7) is 6.97. The third kappa shape index (κ3) is 4.59. The van der Waals surface area contributed by atoms with Crippen LogP contribution in [-0.4, -0.2) is 61.8 Å². The fourth-order valence-corrected chi connectivity index (χ4v) is 6.22. The minimum atomic E-state index is -4.74. The lowest BCUT2D eigenvalue weighted by molar-refractivity contribution is -0.142. The minimum absolute atomic E-state index is 0.0123. The number of imide groups is 1. The van der Waals surface area contributed by atoms with E-state index in [4.69, 9.17) is 0 Å². The van der Waals surface area contributed by atoms with Gasteiger partial charge in [0.1, 0.15) is 5.69 Å². The average Bonchev–Trinajstić information content (AvgIpc) is 3.52. The molecule has 0 radical (unpaired) electrons. The second-order valence-corrected chi connectivity index (χ2v) is 11.8. The molecule has 2 unspecified atom stereocenters. The Balaban J connectivity index is 1.62. The van der Waals surface area contributed by atoms with Crippen molar-refractivity contribution in [1.29, 1.82) is 0 Å². The molecule has 5 heterocycles. The first-order valence-corrected chi connectivity index (χ1v) is 13.3. The van der Waals surface area contributed by atoms with Gasteiger partial charge in [0.05, 0.1) is 39.5 Å². The molecule has 0 bridgehead atoms. The number of likely N-dealkylation sites (tertiary alicyclic amines) is 2. The quantitative estimate of drug-likeness (QED) is 0.474. The standard InChI is InChI=1S/C27H27F3N4O4S/c1-13-9-19(27(28,29)30)32-21(20(13)24(37)33-8-6-15(35)11-33)17-5-7-31-18-10-16(39-22(17)18)12-34-23(36)14(2)26(3,4)25(34)38/h5,7,9-10,14-15,35H,6,8,11-12H2,1-4H3. The van der Waals surface area contributed by atoms with Gasteiger partial charge in [0.15, 0.2) is 0 Å². The molecule has 39 heavy (non-hydrogen) atoms. The molecular formula is C27H27F3N4O4S. The van der Waals surface area contributed by atoms with Crippen LogP contribution in [0, 0.1) is 18.3 Å². The number of carbonyl (C=O) groups is 3. The maximum atomic E-state index is 13.8. The summed E-state index contributed by atoms with van der Waals surface area (Å²) in [6, 6.07) is 4.06. The van der Waals surface area contributed by atoms with Gasteiger partial charge in [-0.3, -0.25) is 24.3 Å². The van der Waals surface area contributed by atoms with Gasteiger partial charge in [0.25, 0.3) is 5.91 Å². The number of thiophene rings is 1. The Hall–Kier alpha value is -3.38. The van der Waals surface area contributed by atoms with Crippen molar-refractivity contribution in [2.75, 3.05) is 13.1 Å². The second kappa shape index (κ2) is 9.37. The van der Waals surface area contributed by atoms with E-state index in [0.717, 1.165) is 6.07 Å². The van der Waals surface area contributed by atoms with E-state index in [1.807, 2.05) is 0 Å². The third-order valence-electron chi connectivity index (χ3n) is 7.72. The highest BCUT2D eigenvalue weighted by atomic mass is 32.1. The largest absolute Gasteiger partial charge is 0.433 e. The van der Waals surface area contributed by atoms with Gasteiger partial charge in [-0.25, -0.2) is 4.98 Å². The number of hydrogen-bond acceptors (Lipinski definition) is 7. The predicted molar refractivity (Wildman–Crippen MR) is 138 cm³/mol. The molecule has 5 rings (SSSR count). The summed E-state index contributed by atoms with van der Waals surface area (Å²) in [7, 11) is 0. The number of aliphatic hydroxyl groups excluding tert-OH is 1. The number of halogens is 3. The molecule has 2 saturated heterocycles. The fraction of sp³-hybridized carbons (Fsp3) is 0.444. The zero-order valence-electron chi connectivity index (χ0n) is 21.8. The molecule has 0 aliphatic carbocycles. The SMILES string of the molecule is Cc1cc(C(F)(F)F)nc(-c2ccnc3cc(CN4C(=O)C(C)C(C)(C)C4=O)sc23)c1C(=O)N1CCC(O)C1. The number of rotatable bonds is 4. The van der Waals surface area contributed by atoms with Crippen LogP contribution in [0.25, 0.3) is 21.5 Å². The van der Waals surface area contributed by atoms with Crippen LogP contribution in [0.5, 0.6) is 0 Å². The van der Waals surface area contributed by atoms with Crippen molar-refractivity contribution in [1.82, 2.24) is 19.8 Å². The van der Waals surface area contributed by atoms with Crippen LogP contribution >= 0.6 is 11.3 Å². The molecule has 206 valence electrons. The van der Waals surface area contributed by atoms with Crippen LogP contribution in [0.3, 0.4) is 0 Å². The predicted octanol–water partition coefficient (Wildman–Crippen LogP) is 4.42. The number of amides is 3. The first-order valence-electron chi connectivity index (χ1n) is 12.5. The van der Waals surface area contributed by atoms with Crippen molar-refractivity contribution >= 4 is 39.3 Å². The Morgan fingerprint density at radius 1 is 1.26 bits per heavy atom. The third-order valence-corrected chi connectivity index (χ3v) is 8.86. The van der Waals surface area contributed by atoms with Gasteiger partial charge in [0.2, 0.25) is 11.8 Å². The second-order valence-electron chi connectivity index (χ2n) is 10.7. The van der Waals surface area contributed by atoms with Gasteiger partial charge >= 0.3 is 6.18 Å². The summed E-state index contributed by atoms with van der Waals surface area (Å²) in [5.74, 6) is -1.57. The van der Waals surface area contributed by atoms with Crippen molar-refractivity contribution in [3.63, 3.8) is 0 Å². The van der Waals surface area contributed by atoms with E-state index in [9.17, 15) is 32.7 Å². The maximum absolute atomic E-state index is 13.8. The summed E-state index contributed by atoms with van der Waals surface area (Å²) in [5, 5.41) is 9.93. The van der Waals surface area contributed by atoms with Crippen LogP contribution < -0.4 is 0 Å². The van der Waals surface area contributed by atoms with E-state index in [0.29, 0.717) is 27.1 Å². The molecule has 3 aromatic heterocycles. The van der Waals surface area contributed by atoms with E-state index < -0.39 is 35.2 Å². The Labute approximate surface area is 226 Å². The van der Waals surface area contributed by atoms with Crippen molar-refractivity contribution in [2.45, 2.75) is 52.9 Å². The fourth-order valence-electron chi connectivity index (χ4n) is 5.10. The maximum Gasteiger partial charge on any atom is 0.433 e. The van der Waals surface area contributed by atoms with Crippen molar-refractivity contribution < 1.29 is 32.7 Å². The number of aryl methyl sites for hydroxylation is 1. The van der Waals surface area contributed by atoms with Gasteiger partial charge in [-0.1, -0.05) is 20.8 Å². The van der Waals surface area contributed by atoms with Crippen molar-refractivity contribution in [2.24, 2.45) is 11.3 Å². The van der Waals surface area contributed by atoms with Crippen LogP contribution in [0.1, 0.15) is 53.7 Å². The number of β-amino-alcohol motifs (C(OH)–C–C–N with tert-alkyl or cyclic N) is 1. The molecular weight excluding hydrogens is 533 g/mol. The monoisotopic (exact) mass is 560 g/mol. The van der Waals surface area contributed by atoms with E-state index >= 15 is 0 Å². The molecule has 3 amide bonds. The Kier molecular flexibility index (Phi) is 6.53. The van der Waals surface area contributed by atoms with E-state index in [1.54, 1.807) is 26.8 Å². The Morgan fingerprint density at radius 2 is 1.97 bits per heavy atom. The number of aromatic nitrogens is 2. The van der Waals surface area contributed by atoms with E-state index in [2.05, 4.69) is 9.97 Å². The smallest absolute Gasteiger partial charge is 0.391 e. The summed E-state index contributed by atoms with van der Waals surface area (Å²) in [4.78, 5) is 50.7. The molecule has 1 N–H and O–H groups in total. The molecule has 2 aliphatic rings. The number of hydrogen-bond donors (Lipinski definition) is 1. The summed E-state index contributed by atoms with van der Waals surface area (Å²) >= 11 is 1.19. The lowest BCUT2D eigenvalue weighted by Crippen LogP contribution is -2.32. The number of fused-ring (bicyclic) bond motifs is 1. The number of nitrogens with zero attached hydrogens (tertiary/aromatic N) is 4. The van der Waals surface area contributed by atoms with Gasteiger partial charge in [-0.15, -0.1) is 11.3 Å². The van der Waals surface area contributed by atoms with Gasteiger partial charge in [-0.05, 0) is 37.1 Å². The highest BCUT2D eigenvalue weighted by Crippen LogP contribution is 2.41. The number of carbonyl (C=O) groups excluding carboxylic acids is 3. The Morgan fingerprint density at radius 3 is 2.56 bits per heavy atom. The zero-order valence-corrected chi connectivity index (χ0v) is 22.6. The molecule has 3 aromatic rings. The van der Waals surface area contributed by atoms with Gasteiger partial charge < -0.3 is 10.0 Å². The normalized spacial score (nSPS) is 21.4. The zero-order chi connectivity index (χ0) is 28.4. The highest BCUT2D eigenvalue weighted by Gasteiger charge is 2.51. The van der Waals surface area contributed by atoms with Gasteiger partial charge in [0, 0.05) is 35.6 Å². The van der Waals surface area contributed by atoms with E-state index in [1.165, 1.54) is 40.3 Å². The summed E-state index contributed by atoms with van der Waals surface area (Å²) in [5.41, 5.74) is -1.21. The molecule has 12 heteroatoms. The summed E-state index contributed by atoms with van der Waals surface area (Å²) < 4.78 is 41.9. The highest BCUT2D eigenvalue weighted by molar-refractivity contribution is 7.19. The molecule has 2 atom stereocenters. The van der Waals surface area contributed by atoms with Crippen LogP contribution in [0.15, 0.2) is 24.4 Å². The van der Waals surface area contributed by atoms with E-state index in [-0.39, 0.29) is 48.3 Å². The first-order chi connectivity index (χ1) is 18.2. The lowest BCUT2D eigenvalue weighted by Gasteiger charge is -2.21. The van der Waals surface area contributed by atoms with Crippen molar-refractivity contribution in [3.05, 3.63) is 46.1 Å². The van der Waals surface area contributed by atoms with Crippen molar-refractivity contribution in [3.8, 4) is 11.3 Å². The van der Waals surface area contributed by atoms with Crippen LogP contribution in [-0.2, 0) is 22.3 Å². The van der Waals surface area contributed by atoms with Crippen LogP contribution in [0.2, 0.25) is 0 Å². The molecule has 8 nitrogen and oxygen atoms in total. The topological polar surface area (TPSA) is 104 Å². The molecule has 0 aromatic carbocycles. The molecule has 2 fully saturated rings. The van der Waals surface area contributed by atoms with Gasteiger partial charge in [-0.2, -0.15) is 13.2 Å². The summed E-state index contributed by atoms with van der Waals surface area (Å²) in [6.07, 6.45) is -3.63. The number of alkyl halides is 3. The van der Waals surface area contributed by atoms with Crippen LogP contribution in [0.4, 0.5) is 13.2 Å². The minimum Gasteiger partial charge on any atom is -0.391 e. The first kappa shape index (κ1) is 27.2. The number of pyridine rings is 2.